The summed E-state index contributed by atoms with van der Waals surface area (Å²) in [5, 5.41) is 2.42. The van der Waals surface area contributed by atoms with Crippen molar-refractivity contribution in [3.63, 3.8) is 0 Å². The Morgan fingerprint density at radius 3 is 2.33 bits per heavy atom. The van der Waals surface area contributed by atoms with Crippen LogP contribution in [-0.2, 0) is 20.9 Å². The van der Waals surface area contributed by atoms with Crippen LogP contribution < -0.4 is 19.8 Å². The number of thiazole rings is 1. The van der Waals surface area contributed by atoms with E-state index in [0.29, 0.717) is 32.6 Å². The van der Waals surface area contributed by atoms with Crippen molar-refractivity contribution in [1.29, 1.82) is 0 Å². The number of para-hydroxylation sites is 1. The van der Waals surface area contributed by atoms with Gasteiger partial charge in [0.2, 0.25) is 17.7 Å². The van der Waals surface area contributed by atoms with E-state index in [1.165, 1.54) is 21.6 Å². The lowest BCUT2D eigenvalue weighted by Crippen LogP contribution is -2.33. The van der Waals surface area contributed by atoms with Crippen LogP contribution in [0.5, 0.6) is 5.75 Å². The Hall–Kier alpha value is -4.22. The number of halogens is 1. The van der Waals surface area contributed by atoms with Crippen LogP contribution in [0.15, 0.2) is 88.7 Å². The minimum atomic E-state index is -0.819. The molecule has 0 radical (unpaired) electrons. The van der Waals surface area contributed by atoms with Gasteiger partial charge in [0.15, 0.2) is 0 Å². The maximum Gasteiger partial charge on any atom is 0.308 e. The minimum Gasteiger partial charge on any atom is -0.497 e. The van der Waals surface area contributed by atoms with Crippen molar-refractivity contribution in [3.05, 3.63) is 105 Å². The van der Waals surface area contributed by atoms with Gasteiger partial charge in [0.25, 0.3) is 0 Å². The third kappa shape index (κ3) is 4.50. The molecule has 2 aliphatic rings. The summed E-state index contributed by atoms with van der Waals surface area (Å²) in [5.74, 6) is -2.44. The summed E-state index contributed by atoms with van der Waals surface area (Å²) in [6.07, 6.45) is 0. The van der Waals surface area contributed by atoms with Crippen LogP contribution in [0, 0.1) is 11.7 Å². The molecule has 0 saturated carbocycles. The Labute approximate surface area is 236 Å². The van der Waals surface area contributed by atoms with Gasteiger partial charge >= 0.3 is 4.87 Å². The van der Waals surface area contributed by atoms with E-state index in [1.807, 2.05) is 0 Å². The Bertz CT molecular complexity index is 1670. The lowest BCUT2D eigenvalue weighted by molar-refractivity contribution is -0.122. The lowest BCUT2D eigenvalue weighted by atomic mass is 9.83. The molecule has 8 nitrogen and oxygen atoms in total. The third-order valence-electron chi connectivity index (χ3n) is 6.97. The molecule has 11 heteroatoms. The molecule has 3 atom stereocenters. The maximum atomic E-state index is 13.8. The van der Waals surface area contributed by atoms with Crippen molar-refractivity contribution in [2.24, 2.45) is 5.92 Å². The molecule has 4 aromatic rings. The fourth-order valence-electron chi connectivity index (χ4n) is 5.13. The molecule has 3 aromatic carbocycles. The van der Waals surface area contributed by atoms with Gasteiger partial charge in [-0.05, 0) is 54.1 Å². The minimum absolute atomic E-state index is 0.276. The number of nitrogens with one attached hydrogen (secondary N) is 1. The highest BCUT2D eigenvalue weighted by Crippen LogP contribution is 2.53. The molecule has 0 aliphatic carbocycles. The van der Waals surface area contributed by atoms with Crippen LogP contribution >= 0.6 is 23.1 Å². The smallest absolute Gasteiger partial charge is 0.308 e. The lowest BCUT2D eigenvalue weighted by Gasteiger charge is -2.30. The number of hydrogen-bond donors (Lipinski definition) is 1. The van der Waals surface area contributed by atoms with E-state index >= 15 is 0 Å². The number of rotatable bonds is 6. The largest absolute Gasteiger partial charge is 0.497 e. The van der Waals surface area contributed by atoms with Gasteiger partial charge in [-0.2, -0.15) is 0 Å². The Morgan fingerprint density at radius 2 is 1.65 bits per heavy atom. The second-order valence-corrected chi connectivity index (χ2v) is 11.5. The molecule has 202 valence electrons. The second-order valence-electron chi connectivity index (χ2n) is 9.34. The maximum absolute atomic E-state index is 13.8. The molecular weight excluding hydrogens is 553 g/mol. The van der Waals surface area contributed by atoms with E-state index in [4.69, 9.17) is 4.74 Å². The van der Waals surface area contributed by atoms with Crippen LogP contribution in [0.25, 0.3) is 0 Å². The van der Waals surface area contributed by atoms with Gasteiger partial charge in [-0.1, -0.05) is 53.4 Å². The van der Waals surface area contributed by atoms with Gasteiger partial charge in [-0.3, -0.25) is 23.7 Å². The number of nitrogens with zero attached hydrogens (tertiary/aromatic N) is 2. The van der Waals surface area contributed by atoms with E-state index in [9.17, 15) is 23.6 Å². The average molecular weight is 576 g/mol. The standard InChI is InChI=1S/C29H22FN3O5S2/c1-38-20-13-11-18(12-14-20)31-21(34)15-32-28-25(40-29(32)37)22(16-7-9-17(30)10-8-16)23-24(39-28)27(36)33(26(23)35)19-5-3-2-4-6-19/h2-14,22-24H,15H2,1H3,(H,31,34). The van der Waals surface area contributed by atoms with Crippen LogP contribution in [-0.4, -0.2) is 34.6 Å². The van der Waals surface area contributed by atoms with Crippen molar-refractivity contribution in [2.75, 3.05) is 17.3 Å². The summed E-state index contributed by atoms with van der Waals surface area (Å²) in [7, 11) is 1.54. The van der Waals surface area contributed by atoms with Gasteiger partial charge < -0.3 is 10.1 Å². The molecule has 2 aliphatic heterocycles. The van der Waals surface area contributed by atoms with Crippen molar-refractivity contribution >= 4 is 52.2 Å². The highest BCUT2D eigenvalue weighted by Gasteiger charge is 2.56. The number of thioether (sulfide) groups is 1. The third-order valence-corrected chi connectivity index (χ3v) is 9.57. The Kier molecular flexibility index (Phi) is 6.77. The number of aromatic nitrogens is 1. The molecule has 0 bridgehead atoms. The zero-order valence-electron chi connectivity index (χ0n) is 21.1. The SMILES string of the molecule is COc1ccc(NC(=O)Cn2c3c(sc2=O)C(c2ccc(F)cc2)C2C(=O)N(c4ccccc4)C(=O)C2S3)cc1. The predicted octanol–water partition coefficient (Wildman–Crippen LogP) is 4.49. The summed E-state index contributed by atoms with van der Waals surface area (Å²) in [4.78, 5) is 55.0. The first-order chi connectivity index (χ1) is 19.4. The van der Waals surface area contributed by atoms with E-state index < -0.39 is 34.7 Å². The molecule has 1 saturated heterocycles. The molecule has 1 N–H and O–H groups in total. The quantitative estimate of drug-likeness (QED) is 0.340. The fraction of sp³-hybridized carbons (Fsp3) is 0.172. The summed E-state index contributed by atoms with van der Waals surface area (Å²) in [6, 6.07) is 21.2. The summed E-state index contributed by atoms with van der Waals surface area (Å²) in [5.41, 5.74) is 1.62. The first-order valence-corrected chi connectivity index (χ1v) is 14.1. The number of imide groups is 1. The van der Waals surface area contributed by atoms with Crippen molar-refractivity contribution in [2.45, 2.75) is 22.7 Å². The number of methoxy groups -OCH3 is 1. The highest BCUT2D eigenvalue weighted by atomic mass is 32.2. The summed E-state index contributed by atoms with van der Waals surface area (Å²) < 4.78 is 20.3. The van der Waals surface area contributed by atoms with Crippen molar-refractivity contribution < 1.29 is 23.5 Å². The zero-order valence-corrected chi connectivity index (χ0v) is 22.7. The normalized spacial score (nSPS) is 19.8. The number of amides is 3. The summed E-state index contributed by atoms with van der Waals surface area (Å²) in [6.45, 7) is -0.276. The number of carbonyl (C=O) groups excluding carboxylic acids is 3. The number of carbonyl (C=O) groups is 3. The molecule has 40 heavy (non-hydrogen) atoms. The number of anilines is 2. The van der Waals surface area contributed by atoms with E-state index in [1.54, 1.807) is 73.8 Å². The number of ether oxygens (including phenoxy) is 1. The average Bonchev–Trinajstić information content (AvgIpc) is 3.40. The van der Waals surface area contributed by atoms with Crippen molar-refractivity contribution in [3.8, 4) is 5.75 Å². The Morgan fingerprint density at radius 1 is 0.950 bits per heavy atom. The second kappa shape index (κ2) is 10.4. The van der Waals surface area contributed by atoms with E-state index in [-0.39, 0.29) is 17.3 Å². The summed E-state index contributed by atoms with van der Waals surface area (Å²) >= 11 is 2.07. The van der Waals surface area contributed by atoms with Gasteiger partial charge in [0, 0.05) is 16.5 Å². The molecule has 3 amide bonds. The van der Waals surface area contributed by atoms with E-state index in [2.05, 4.69) is 5.32 Å². The molecule has 3 unspecified atom stereocenters. The molecule has 3 heterocycles. The van der Waals surface area contributed by atoms with Crippen LogP contribution in [0.3, 0.4) is 0 Å². The first kappa shape index (κ1) is 26.0. The topological polar surface area (TPSA) is 97.7 Å². The highest BCUT2D eigenvalue weighted by molar-refractivity contribution is 8.00. The van der Waals surface area contributed by atoms with Crippen LogP contribution in [0.4, 0.5) is 15.8 Å². The number of fused-ring (bicyclic) bond motifs is 2. The Balaban J connectivity index is 1.38. The van der Waals surface area contributed by atoms with Crippen LogP contribution in [0.1, 0.15) is 16.4 Å². The molecule has 0 spiro atoms. The van der Waals surface area contributed by atoms with Gasteiger partial charge in [-0.15, -0.1) is 0 Å². The van der Waals surface area contributed by atoms with Crippen LogP contribution in [0.2, 0.25) is 0 Å². The van der Waals surface area contributed by atoms with E-state index in [0.717, 1.165) is 23.1 Å². The monoisotopic (exact) mass is 575 g/mol. The van der Waals surface area contributed by atoms with Gasteiger partial charge in [0.05, 0.1) is 23.7 Å². The fourth-order valence-corrected chi connectivity index (χ4v) is 7.91. The number of benzene rings is 3. The first-order valence-electron chi connectivity index (χ1n) is 12.4. The van der Waals surface area contributed by atoms with Gasteiger partial charge in [0.1, 0.15) is 23.4 Å². The molecule has 6 rings (SSSR count). The molecule has 1 aromatic heterocycles. The molecule has 1 fully saturated rings. The number of hydrogen-bond acceptors (Lipinski definition) is 7. The van der Waals surface area contributed by atoms with Gasteiger partial charge in [-0.25, -0.2) is 9.29 Å². The predicted molar refractivity (Wildman–Crippen MR) is 151 cm³/mol. The molecular formula is C29H22FN3O5S2. The zero-order chi connectivity index (χ0) is 28.0. The van der Waals surface area contributed by atoms with Crippen molar-refractivity contribution in [1.82, 2.24) is 4.57 Å².